The maximum atomic E-state index is 13.5. The van der Waals surface area contributed by atoms with Gasteiger partial charge in [-0.25, -0.2) is 9.78 Å². The number of nitrogens with zero attached hydrogens (tertiary/aromatic N) is 5. The number of esters is 1. The molecule has 47 heavy (non-hydrogen) atoms. The molecule has 0 aromatic heterocycles. The molecule has 0 saturated carbocycles. The van der Waals surface area contributed by atoms with Gasteiger partial charge in [-0.1, -0.05) is 67.5 Å². The van der Waals surface area contributed by atoms with E-state index in [1.165, 1.54) is 12.1 Å². The summed E-state index contributed by atoms with van der Waals surface area (Å²) in [6.45, 7) is 4.34. The number of fused-ring (bicyclic) bond motifs is 3. The number of aromatic nitrogens is 1. The summed E-state index contributed by atoms with van der Waals surface area (Å²) in [5, 5.41) is 3.56. The van der Waals surface area contributed by atoms with Gasteiger partial charge in [-0.15, -0.1) is 0 Å². The van der Waals surface area contributed by atoms with Crippen LogP contribution in [-0.2, 0) is 27.5 Å². The number of hydrogen-bond donors (Lipinski definition) is 0. The second kappa shape index (κ2) is 12.1. The molecule has 0 N–H and O–H groups in total. The Morgan fingerprint density at radius 2 is 1.74 bits per heavy atom. The Kier molecular flexibility index (Phi) is 7.67. The highest BCUT2D eigenvalue weighted by Gasteiger charge is 2.56. The Bertz CT molecular complexity index is 2130. The molecule has 1 fully saturated rings. The van der Waals surface area contributed by atoms with E-state index in [0.717, 1.165) is 22.3 Å². The minimum Gasteiger partial charge on any atom is -0.489 e. The molecule has 1 saturated heterocycles. The Labute approximate surface area is 269 Å². The van der Waals surface area contributed by atoms with Crippen LogP contribution < -0.4 is 10.2 Å². The zero-order valence-electron chi connectivity index (χ0n) is 25.6. The van der Waals surface area contributed by atoms with Gasteiger partial charge in [0.05, 0.1) is 12.0 Å². The fourth-order valence-corrected chi connectivity index (χ4v) is 6.29. The number of β-lactam (4-membered cyclic amide) rings is 1. The molecule has 11 heteroatoms. The molecule has 0 bridgehead atoms. The fraction of sp³-hybridized carbons (Fsp3) is 0.222. The van der Waals surface area contributed by atoms with Crippen molar-refractivity contribution in [1.29, 1.82) is 0 Å². The Morgan fingerprint density at radius 1 is 1.00 bits per heavy atom. The third kappa shape index (κ3) is 5.69. The van der Waals surface area contributed by atoms with Crippen molar-refractivity contribution in [1.82, 2.24) is 9.88 Å². The number of carbonyl (C=O) groups is 2. The van der Waals surface area contributed by atoms with Crippen LogP contribution in [0.25, 0.3) is 38.6 Å². The molecule has 4 aliphatic rings. The average Bonchev–Trinajstić information content (AvgIpc) is 3.41. The molecule has 7 rings (SSSR count). The molecule has 0 spiro atoms. The highest BCUT2D eigenvalue weighted by Crippen LogP contribution is 2.48. The van der Waals surface area contributed by atoms with Gasteiger partial charge < -0.3 is 18.8 Å². The SMILES string of the molecule is CC(C)[C@H]1C(=O)N2C(C(=O)OCc3ccc(N=[N+]=[N-])cc3)=C(c3ccc(COc4ccc5nc6ccc(=O)cc-6oc5c4)cc3)C[C@H]12. The Balaban J connectivity index is 1.09. The largest absolute Gasteiger partial charge is 0.489 e. The van der Waals surface area contributed by atoms with Crippen LogP contribution in [0.3, 0.4) is 0 Å². The fourth-order valence-electron chi connectivity index (χ4n) is 6.29. The van der Waals surface area contributed by atoms with Gasteiger partial charge in [0, 0.05) is 22.7 Å². The lowest BCUT2D eigenvalue weighted by molar-refractivity contribution is -0.159. The topological polar surface area (TPSA) is 148 Å². The summed E-state index contributed by atoms with van der Waals surface area (Å²) in [7, 11) is 0. The van der Waals surface area contributed by atoms with E-state index in [-0.39, 0.29) is 48.1 Å². The monoisotopic (exact) mass is 627 g/mol. The molecule has 1 aliphatic carbocycles. The lowest BCUT2D eigenvalue weighted by atomic mass is 9.78. The second-order valence-electron chi connectivity index (χ2n) is 12.0. The van der Waals surface area contributed by atoms with Crippen molar-refractivity contribution >= 4 is 34.2 Å². The predicted molar refractivity (Wildman–Crippen MR) is 173 cm³/mol. The molecule has 0 radical (unpaired) electrons. The van der Waals surface area contributed by atoms with E-state index in [4.69, 9.17) is 19.4 Å². The van der Waals surface area contributed by atoms with Crippen LogP contribution in [0.5, 0.6) is 5.75 Å². The van der Waals surface area contributed by atoms with E-state index in [1.54, 1.807) is 41.3 Å². The first-order valence-electron chi connectivity index (χ1n) is 15.2. The first-order chi connectivity index (χ1) is 22.8. The van der Waals surface area contributed by atoms with Crippen molar-refractivity contribution in [3.8, 4) is 17.2 Å². The van der Waals surface area contributed by atoms with Gasteiger partial charge in [-0.3, -0.25) is 9.59 Å². The van der Waals surface area contributed by atoms with Gasteiger partial charge in [-0.05, 0) is 64.4 Å². The summed E-state index contributed by atoms with van der Waals surface area (Å²) in [6.07, 6.45) is 0.562. The molecular formula is C36H29N5O6. The van der Waals surface area contributed by atoms with Crippen molar-refractivity contribution in [3.05, 3.63) is 128 Å². The number of hydrogen-bond acceptors (Lipinski definition) is 8. The number of azide groups is 1. The van der Waals surface area contributed by atoms with Crippen molar-refractivity contribution in [2.75, 3.05) is 0 Å². The summed E-state index contributed by atoms with van der Waals surface area (Å²) in [5.74, 6) is 0.378. The summed E-state index contributed by atoms with van der Waals surface area (Å²) in [4.78, 5) is 47.4. The van der Waals surface area contributed by atoms with Crippen LogP contribution in [0.1, 0.15) is 37.0 Å². The standard InChI is InChI=1S/C36H29N5O6/c1-20(2)33-30-17-27(34(41(30)35(33)43)36(44)46-19-22-5-9-24(10-6-22)39-40-37)23-7-3-21(4-8-23)18-45-26-12-14-29-32(16-26)47-31-15-25(42)11-13-28(31)38-29/h3-16,20,30,33H,17-19H2,1-2H3/t30-,33-/m1/s1. The van der Waals surface area contributed by atoms with Crippen molar-refractivity contribution in [2.24, 2.45) is 17.0 Å². The van der Waals surface area contributed by atoms with Crippen molar-refractivity contribution in [3.63, 3.8) is 0 Å². The minimum atomic E-state index is -0.556. The molecule has 1 amide bonds. The van der Waals surface area contributed by atoms with Gasteiger partial charge in [-0.2, -0.15) is 0 Å². The summed E-state index contributed by atoms with van der Waals surface area (Å²) in [6, 6.07) is 24.3. The smallest absolute Gasteiger partial charge is 0.355 e. The van der Waals surface area contributed by atoms with Crippen molar-refractivity contribution in [2.45, 2.75) is 39.5 Å². The zero-order valence-corrected chi connectivity index (χ0v) is 25.6. The number of carbonyl (C=O) groups excluding carboxylic acids is 2. The summed E-state index contributed by atoms with van der Waals surface area (Å²) >= 11 is 0. The summed E-state index contributed by atoms with van der Waals surface area (Å²) in [5.41, 5.74) is 14.2. The maximum absolute atomic E-state index is 13.5. The molecule has 2 atom stereocenters. The summed E-state index contributed by atoms with van der Waals surface area (Å²) < 4.78 is 17.6. The molecule has 3 aromatic rings. The van der Waals surface area contributed by atoms with Crippen LogP contribution in [0.15, 0.2) is 105 Å². The van der Waals surface area contributed by atoms with Gasteiger partial charge in [0.25, 0.3) is 0 Å². The molecule has 3 aromatic carbocycles. The van der Waals surface area contributed by atoms with Gasteiger partial charge in [0.2, 0.25) is 5.91 Å². The van der Waals surface area contributed by atoms with Crippen molar-refractivity contribution < 1.29 is 23.5 Å². The molecule has 0 unspecified atom stereocenters. The lowest BCUT2D eigenvalue weighted by Gasteiger charge is -2.45. The van der Waals surface area contributed by atoms with Crippen LogP contribution in [0.4, 0.5) is 5.69 Å². The Hall–Kier alpha value is -5.93. The average molecular weight is 628 g/mol. The highest BCUT2D eigenvalue weighted by molar-refractivity contribution is 6.06. The first-order valence-corrected chi connectivity index (χ1v) is 15.2. The normalized spacial score (nSPS) is 17.1. The maximum Gasteiger partial charge on any atom is 0.355 e. The van der Waals surface area contributed by atoms with Crippen LogP contribution in [0, 0.1) is 11.8 Å². The highest BCUT2D eigenvalue weighted by atomic mass is 16.5. The number of amides is 1. The van der Waals surface area contributed by atoms with E-state index in [1.807, 2.05) is 50.2 Å². The van der Waals surface area contributed by atoms with Gasteiger partial charge in [0.1, 0.15) is 35.9 Å². The van der Waals surface area contributed by atoms with Gasteiger partial charge in [0.15, 0.2) is 16.8 Å². The quantitative estimate of drug-likeness (QED) is 0.0421. The molecular weight excluding hydrogens is 598 g/mol. The zero-order chi connectivity index (χ0) is 32.7. The Morgan fingerprint density at radius 3 is 2.49 bits per heavy atom. The lowest BCUT2D eigenvalue weighted by Crippen LogP contribution is -2.60. The van der Waals surface area contributed by atoms with E-state index >= 15 is 0 Å². The molecule has 234 valence electrons. The van der Waals surface area contributed by atoms with E-state index in [2.05, 4.69) is 15.0 Å². The number of benzene rings is 4. The molecule has 11 nitrogen and oxygen atoms in total. The molecule has 3 aliphatic heterocycles. The third-order valence-electron chi connectivity index (χ3n) is 8.62. The minimum absolute atomic E-state index is 0.0107. The van der Waals surface area contributed by atoms with Crippen LogP contribution in [-0.4, -0.2) is 27.8 Å². The second-order valence-corrected chi connectivity index (χ2v) is 12.0. The van der Waals surface area contributed by atoms with E-state index in [0.29, 0.717) is 40.4 Å². The van der Waals surface area contributed by atoms with Gasteiger partial charge >= 0.3 is 5.97 Å². The molecule has 3 heterocycles. The first kappa shape index (κ1) is 29.8. The van der Waals surface area contributed by atoms with E-state index in [9.17, 15) is 14.4 Å². The van der Waals surface area contributed by atoms with E-state index < -0.39 is 5.97 Å². The van der Waals surface area contributed by atoms with Crippen LogP contribution >= 0.6 is 0 Å². The third-order valence-corrected chi connectivity index (χ3v) is 8.62. The number of rotatable bonds is 9. The van der Waals surface area contributed by atoms with Crippen LogP contribution in [0.2, 0.25) is 0 Å². The number of ether oxygens (including phenoxy) is 2. The predicted octanol–water partition coefficient (Wildman–Crippen LogP) is 7.15.